The number of aromatic hydroxyl groups is 13. The number of benzene rings is 5. The van der Waals surface area contributed by atoms with E-state index in [-0.39, 0.29) is 0 Å². The molecule has 346 valence electrons. The predicted molar refractivity (Wildman–Crippen MR) is 206 cm³/mol. The molecule has 26 nitrogen and oxygen atoms in total. The van der Waals surface area contributed by atoms with Crippen molar-refractivity contribution >= 4 is 29.8 Å². The van der Waals surface area contributed by atoms with Crippen molar-refractivity contribution in [1.29, 1.82) is 0 Å². The molecule has 0 saturated carbocycles. The summed E-state index contributed by atoms with van der Waals surface area (Å²) < 4.78 is 38.7. The van der Waals surface area contributed by atoms with Crippen molar-refractivity contribution in [3.8, 4) is 114 Å². The first kappa shape index (κ1) is 42.9. The topological polar surface area (TPSA) is 433 Å². The fraction of sp³-hybridized carbons (Fsp3) is 0.146. The average molecular weight is 935 g/mol. The molecule has 4 aliphatic heterocycles. The van der Waals surface area contributed by atoms with Gasteiger partial charge in [-0.3, -0.25) is 0 Å². The highest BCUT2D eigenvalue weighted by atomic mass is 16.7. The third-order valence-corrected chi connectivity index (χ3v) is 10.9. The number of ether oxygens (including phenoxy) is 7. The van der Waals surface area contributed by atoms with Crippen molar-refractivity contribution < 1.29 is 129 Å². The standard InChI is InChI=1S/C41H26O26/c42-12-1-7-18(26(51)22(12)47)19-8(2-13(43)23(48)27(19)52)39(58)67-35-34(66-38(7)57)32-17(62-41(35)60)6-61-36(55)10-4-16(46)31-33(65-40(59)11-5-15(45)25(50)29(54)30(11)63-31)21(10)20-9(37(56)64-32)3-14(44)24(49)28(20)53/h1-5,17,32,34-35,41-54,60H,6H2. The van der Waals surface area contributed by atoms with Crippen molar-refractivity contribution in [2.24, 2.45) is 0 Å². The summed E-state index contributed by atoms with van der Waals surface area (Å²) in [6.45, 7) is -1.18. The number of esters is 5. The molecule has 5 atom stereocenters. The van der Waals surface area contributed by atoms with E-state index in [9.17, 15) is 95.5 Å². The van der Waals surface area contributed by atoms with Crippen molar-refractivity contribution in [2.75, 3.05) is 6.61 Å². The summed E-state index contributed by atoms with van der Waals surface area (Å²) in [6, 6.07) is 2.46. The number of rotatable bonds is 0. The third kappa shape index (κ3) is 6.30. The molecule has 4 heterocycles. The minimum absolute atomic E-state index is 0.430. The highest BCUT2D eigenvalue weighted by Crippen LogP contribution is 2.59. The SMILES string of the molecule is O=C1Oc2c(c(O)cc3c2-c2c(cc(O)c(O)c2O)C(=O)OC2C(COC3=O)OC(O)C3OC(=O)c4cc(O)c(O)c(O)c4-c4c(cc(O)c(O)c4O)C(=O)OC32)Oc2c1cc(O)c(O)c2O. The van der Waals surface area contributed by atoms with Crippen LogP contribution in [-0.4, -0.2) is 139 Å². The maximum absolute atomic E-state index is 14.6. The van der Waals surface area contributed by atoms with E-state index in [1.807, 2.05) is 0 Å². The Kier molecular flexibility index (Phi) is 9.48. The highest BCUT2D eigenvalue weighted by Gasteiger charge is 2.54. The second kappa shape index (κ2) is 14.8. The van der Waals surface area contributed by atoms with E-state index in [2.05, 4.69) is 0 Å². The molecule has 14 N–H and O–H groups in total. The lowest BCUT2D eigenvalue weighted by Gasteiger charge is -2.43. The van der Waals surface area contributed by atoms with E-state index >= 15 is 0 Å². The van der Waals surface area contributed by atoms with Crippen LogP contribution >= 0.6 is 0 Å². The monoisotopic (exact) mass is 934 g/mol. The zero-order valence-electron chi connectivity index (χ0n) is 32.6. The number of aliphatic hydroxyl groups is 1. The van der Waals surface area contributed by atoms with Gasteiger partial charge in [0.1, 0.15) is 18.3 Å². The van der Waals surface area contributed by atoms with Gasteiger partial charge in [0.2, 0.25) is 34.5 Å². The Balaban J connectivity index is 1.23. The van der Waals surface area contributed by atoms with Gasteiger partial charge in [-0.25, -0.2) is 24.0 Å². The van der Waals surface area contributed by atoms with Crippen LogP contribution in [0.25, 0.3) is 22.3 Å². The van der Waals surface area contributed by atoms with Crippen LogP contribution in [0.1, 0.15) is 51.8 Å². The van der Waals surface area contributed by atoms with Crippen LogP contribution in [0, 0.1) is 0 Å². The first-order chi connectivity index (χ1) is 31.6. The lowest BCUT2D eigenvalue weighted by molar-refractivity contribution is -0.284. The molecule has 1 saturated heterocycles. The van der Waals surface area contributed by atoms with Crippen LogP contribution in [-0.2, 0) is 23.7 Å². The summed E-state index contributed by atoms with van der Waals surface area (Å²) in [5.41, 5.74) is -8.98. The molecule has 5 aromatic carbocycles. The predicted octanol–water partition coefficient (Wildman–Crippen LogP) is 1.70. The molecular weight excluding hydrogens is 908 g/mol. The maximum Gasteiger partial charge on any atom is 0.347 e. The number of cyclic esters (lactones) is 1. The number of hydrogen-bond acceptors (Lipinski definition) is 26. The second-order valence-electron chi connectivity index (χ2n) is 14.8. The molecule has 5 aromatic rings. The van der Waals surface area contributed by atoms with Crippen molar-refractivity contribution in [3.63, 3.8) is 0 Å². The van der Waals surface area contributed by atoms with E-state index in [4.69, 9.17) is 33.2 Å². The minimum atomic E-state index is -2.48. The number of carbonyl (C=O) groups is 5. The molecule has 0 bridgehead atoms. The summed E-state index contributed by atoms with van der Waals surface area (Å²) in [5.74, 6) is -28.1. The Labute approximate surface area is 367 Å². The van der Waals surface area contributed by atoms with Crippen LogP contribution in [0.3, 0.4) is 0 Å². The number of hydrogen-bond donors (Lipinski definition) is 14. The molecule has 1 fully saturated rings. The van der Waals surface area contributed by atoms with Crippen LogP contribution in [0.4, 0.5) is 0 Å². The summed E-state index contributed by atoms with van der Waals surface area (Å²) in [7, 11) is 0. The van der Waals surface area contributed by atoms with Crippen LogP contribution in [0.5, 0.6) is 92.0 Å². The number of carbonyl (C=O) groups excluding carboxylic acids is 5. The van der Waals surface area contributed by atoms with Gasteiger partial charge in [0.25, 0.3) is 0 Å². The van der Waals surface area contributed by atoms with Crippen molar-refractivity contribution in [2.45, 2.75) is 30.7 Å². The van der Waals surface area contributed by atoms with E-state index in [1.165, 1.54) is 0 Å². The summed E-state index contributed by atoms with van der Waals surface area (Å²) >= 11 is 0. The minimum Gasteiger partial charge on any atom is -0.504 e. The average Bonchev–Trinajstić information content (AvgIpc) is 3.43. The first-order valence-corrected chi connectivity index (χ1v) is 18.7. The Hall–Kier alpha value is -9.43. The zero-order chi connectivity index (χ0) is 48.4. The molecule has 0 amide bonds. The molecule has 0 aromatic heterocycles. The van der Waals surface area contributed by atoms with Gasteiger partial charge >= 0.3 is 29.8 Å². The molecule has 9 rings (SSSR count). The molecule has 26 heteroatoms. The van der Waals surface area contributed by atoms with Gasteiger partial charge in [0.05, 0.1) is 22.3 Å². The van der Waals surface area contributed by atoms with Crippen LogP contribution in [0.15, 0.2) is 30.3 Å². The summed E-state index contributed by atoms with van der Waals surface area (Å²) in [4.78, 5) is 70.5. The Morgan fingerprint density at radius 1 is 0.373 bits per heavy atom. The highest BCUT2D eigenvalue weighted by molar-refractivity contribution is 6.11. The second-order valence-corrected chi connectivity index (χ2v) is 14.8. The number of fused-ring (bicyclic) bond motifs is 12. The molecule has 0 spiro atoms. The molecule has 0 aliphatic carbocycles. The van der Waals surface area contributed by atoms with E-state index in [0.29, 0.717) is 30.3 Å². The van der Waals surface area contributed by atoms with E-state index in [0.717, 1.165) is 0 Å². The van der Waals surface area contributed by atoms with Gasteiger partial charge in [-0.2, -0.15) is 0 Å². The normalized spacial score (nSPS) is 20.8. The van der Waals surface area contributed by atoms with E-state index in [1.54, 1.807) is 0 Å². The smallest absolute Gasteiger partial charge is 0.347 e. The van der Waals surface area contributed by atoms with Gasteiger partial charge in [-0.1, -0.05) is 0 Å². The maximum atomic E-state index is 14.6. The quantitative estimate of drug-likeness (QED) is 0.0454. The fourth-order valence-corrected chi connectivity index (χ4v) is 7.77. The lowest BCUT2D eigenvalue weighted by atomic mass is 9.91. The zero-order valence-corrected chi connectivity index (χ0v) is 32.6. The van der Waals surface area contributed by atoms with Crippen LogP contribution in [0.2, 0.25) is 0 Å². The van der Waals surface area contributed by atoms with Crippen molar-refractivity contribution in [3.05, 3.63) is 58.1 Å². The van der Waals surface area contributed by atoms with Crippen molar-refractivity contribution in [1.82, 2.24) is 0 Å². The summed E-state index contributed by atoms with van der Waals surface area (Å²) in [5, 5.41) is 150. The molecule has 4 aliphatic rings. The molecular formula is C41H26O26. The van der Waals surface area contributed by atoms with Crippen LogP contribution < -0.4 is 9.47 Å². The van der Waals surface area contributed by atoms with Gasteiger partial charge in [-0.15, -0.1) is 0 Å². The Bertz CT molecular complexity index is 3120. The Morgan fingerprint density at radius 3 is 1.28 bits per heavy atom. The lowest BCUT2D eigenvalue weighted by Crippen LogP contribution is -2.62. The van der Waals surface area contributed by atoms with Gasteiger partial charge in [0.15, 0.2) is 82.1 Å². The fourth-order valence-electron chi connectivity index (χ4n) is 7.77. The molecule has 5 unspecified atom stereocenters. The summed E-state index contributed by atoms with van der Waals surface area (Å²) in [6.07, 6.45) is -11.6. The largest absolute Gasteiger partial charge is 0.504 e. The number of phenolic OH excluding ortho intramolecular Hbond substituents is 13. The number of aliphatic hydroxyl groups excluding tert-OH is 1. The first-order valence-electron chi connectivity index (χ1n) is 18.7. The van der Waals surface area contributed by atoms with Gasteiger partial charge in [-0.05, 0) is 24.3 Å². The van der Waals surface area contributed by atoms with Gasteiger partial charge in [0, 0.05) is 28.3 Å². The Morgan fingerprint density at radius 2 is 0.776 bits per heavy atom. The molecule has 67 heavy (non-hydrogen) atoms. The third-order valence-electron chi connectivity index (χ3n) is 10.9. The van der Waals surface area contributed by atoms with Gasteiger partial charge < -0.3 is 105 Å². The number of phenols is 13. The molecule has 0 radical (unpaired) electrons. The van der Waals surface area contributed by atoms with E-state index < -0.39 is 209 Å².